The molecule has 0 aliphatic rings. The molecule has 0 saturated carbocycles. The van der Waals surface area contributed by atoms with E-state index in [0.29, 0.717) is 5.03 Å². The average molecular weight is 279 g/mol. The van der Waals surface area contributed by atoms with Crippen LogP contribution in [0, 0.1) is 0 Å². The molecule has 0 bridgehead atoms. The molecular weight excluding hydrogens is 256 g/mol. The van der Waals surface area contributed by atoms with Gasteiger partial charge in [0.05, 0.1) is 5.03 Å². The summed E-state index contributed by atoms with van der Waals surface area (Å²) < 4.78 is 0. The van der Waals surface area contributed by atoms with Crippen molar-refractivity contribution in [2.24, 2.45) is 0 Å². The molecule has 1 aromatic rings. The van der Waals surface area contributed by atoms with Gasteiger partial charge in [0.25, 0.3) is 0 Å². The van der Waals surface area contributed by atoms with Gasteiger partial charge in [0.1, 0.15) is 6.29 Å². The SMILES string of the molecule is CC(C)(C)c1cc(C(Cl)=CC=O)cc(C(C)(C)C)c1. The van der Waals surface area contributed by atoms with Gasteiger partial charge in [-0.1, -0.05) is 59.2 Å². The lowest BCUT2D eigenvalue weighted by atomic mass is 9.79. The van der Waals surface area contributed by atoms with Crippen LogP contribution < -0.4 is 0 Å². The van der Waals surface area contributed by atoms with Crippen molar-refractivity contribution >= 4 is 22.9 Å². The van der Waals surface area contributed by atoms with Gasteiger partial charge in [0, 0.05) is 0 Å². The van der Waals surface area contributed by atoms with Crippen molar-refractivity contribution in [3.05, 3.63) is 41.0 Å². The van der Waals surface area contributed by atoms with E-state index in [2.05, 4.69) is 59.7 Å². The molecule has 0 heterocycles. The van der Waals surface area contributed by atoms with E-state index in [1.54, 1.807) is 0 Å². The maximum atomic E-state index is 10.6. The summed E-state index contributed by atoms with van der Waals surface area (Å²) in [6.45, 7) is 13.1. The molecule has 0 radical (unpaired) electrons. The van der Waals surface area contributed by atoms with Crippen LogP contribution in [0.1, 0.15) is 58.2 Å². The van der Waals surface area contributed by atoms with Gasteiger partial charge in [-0.3, -0.25) is 4.79 Å². The number of halogens is 1. The number of benzene rings is 1. The normalized spacial score (nSPS) is 13.5. The van der Waals surface area contributed by atoms with Gasteiger partial charge >= 0.3 is 0 Å². The minimum atomic E-state index is 0.0500. The van der Waals surface area contributed by atoms with E-state index < -0.39 is 0 Å². The fraction of sp³-hybridized carbons (Fsp3) is 0.471. The van der Waals surface area contributed by atoms with Crippen molar-refractivity contribution < 1.29 is 4.79 Å². The van der Waals surface area contributed by atoms with Gasteiger partial charge in [-0.05, 0) is 45.7 Å². The van der Waals surface area contributed by atoms with Crippen molar-refractivity contribution in [3.63, 3.8) is 0 Å². The minimum absolute atomic E-state index is 0.0500. The standard InChI is InChI=1S/C17H23ClO/c1-16(2,3)13-9-12(15(18)7-8-19)10-14(11-13)17(4,5)6/h7-11H,1-6H3. The van der Waals surface area contributed by atoms with E-state index >= 15 is 0 Å². The van der Waals surface area contributed by atoms with E-state index in [0.717, 1.165) is 11.8 Å². The summed E-state index contributed by atoms with van der Waals surface area (Å²) in [5.74, 6) is 0. The summed E-state index contributed by atoms with van der Waals surface area (Å²) >= 11 is 6.18. The second-order valence-corrected chi connectivity index (χ2v) is 7.36. The monoisotopic (exact) mass is 278 g/mol. The predicted octanol–water partition coefficient (Wildman–Crippen LogP) is 5.06. The van der Waals surface area contributed by atoms with Gasteiger partial charge in [-0.25, -0.2) is 0 Å². The van der Waals surface area contributed by atoms with Crippen LogP contribution >= 0.6 is 11.6 Å². The van der Waals surface area contributed by atoms with Crippen molar-refractivity contribution in [1.82, 2.24) is 0 Å². The Bertz CT molecular complexity index is 467. The molecule has 0 unspecified atom stereocenters. The lowest BCUT2D eigenvalue weighted by molar-refractivity contribution is -0.104. The number of carbonyl (C=O) groups is 1. The maximum absolute atomic E-state index is 10.6. The Morgan fingerprint density at radius 1 is 0.947 bits per heavy atom. The average Bonchev–Trinajstić information content (AvgIpc) is 2.26. The molecule has 0 spiro atoms. The highest BCUT2D eigenvalue weighted by molar-refractivity contribution is 6.49. The summed E-state index contributed by atoms with van der Waals surface area (Å²) in [6, 6.07) is 6.36. The van der Waals surface area contributed by atoms with Crippen LogP contribution in [-0.2, 0) is 15.6 Å². The zero-order chi connectivity index (χ0) is 14.8. The van der Waals surface area contributed by atoms with Crippen LogP contribution in [0.15, 0.2) is 24.3 Å². The maximum Gasteiger partial charge on any atom is 0.144 e. The van der Waals surface area contributed by atoms with Gasteiger partial charge in [-0.2, -0.15) is 0 Å². The van der Waals surface area contributed by atoms with E-state index in [9.17, 15) is 4.79 Å². The highest BCUT2D eigenvalue weighted by Gasteiger charge is 2.20. The Balaban J connectivity index is 3.50. The zero-order valence-corrected chi connectivity index (χ0v) is 13.4. The molecule has 0 N–H and O–H groups in total. The van der Waals surface area contributed by atoms with Gasteiger partial charge in [-0.15, -0.1) is 0 Å². The molecule has 104 valence electrons. The molecule has 19 heavy (non-hydrogen) atoms. The fourth-order valence-corrected chi connectivity index (χ4v) is 1.95. The molecule has 0 fully saturated rings. The molecule has 0 aromatic heterocycles. The first kappa shape index (κ1) is 16.0. The second-order valence-electron chi connectivity index (χ2n) is 6.95. The molecule has 0 aliphatic carbocycles. The third-order valence-electron chi connectivity index (χ3n) is 3.16. The Hall–Kier alpha value is -1.08. The highest BCUT2D eigenvalue weighted by atomic mass is 35.5. The fourth-order valence-electron chi connectivity index (χ4n) is 1.79. The summed E-state index contributed by atoms with van der Waals surface area (Å²) in [4.78, 5) is 10.6. The largest absolute Gasteiger partial charge is 0.299 e. The molecule has 1 nitrogen and oxygen atoms in total. The molecule has 2 heteroatoms. The number of hydrogen-bond acceptors (Lipinski definition) is 1. The van der Waals surface area contributed by atoms with Crippen LogP contribution in [0.3, 0.4) is 0 Å². The van der Waals surface area contributed by atoms with Crippen molar-refractivity contribution in [2.75, 3.05) is 0 Å². The Morgan fingerprint density at radius 2 is 1.37 bits per heavy atom. The predicted molar refractivity (Wildman–Crippen MR) is 83.7 cm³/mol. The van der Waals surface area contributed by atoms with Crippen LogP contribution in [-0.4, -0.2) is 6.29 Å². The summed E-state index contributed by atoms with van der Waals surface area (Å²) in [7, 11) is 0. The molecular formula is C17H23ClO. The topological polar surface area (TPSA) is 17.1 Å². The number of rotatable bonds is 2. The van der Waals surface area contributed by atoms with Crippen molar-refractivity contribution in [3.8, 4) is 0 Å². The first-order valence-electron chi connectivity index (χ1n) is 6.53. The summed E-state index contributed by atoms with van der Waals surface area (Å²) in [5, 5.41) is 0.492. The number of aldehydes is 1. The molecule has 0 amide bonds. The summed E-state index contributed by atoms with van der Waals surface area (Å²) in [5.41, 5.74) is 3.47. The number of carbonyl (C=O) groups excluding carboxylic acids is 1. The van der Waals surface area contributed by atoms with E-state index in [4.69, 9.17) is 11.6 Å². The molecule has 1 aromatic carbocycles. The summed E-state index contributed by atoms with van der Waals surface area (Å²) in [6.07, 6.45) is 2.12. The Kier molecular flexibility index (Phi) is 4.63. The molecule has 0 saturated heterocycles. The number of allylic oxidation sites excluding steroid dienone is 1. The smallest absolute Gasteiger partial charge is 0.144 e. The van der Waals surface area contributed by atoms with E-state index in [-0.39, 0.29) is 10.8 Å². The van der Waals surface area contributed by atoms with Gasteiger partial charge in [0.2, 0.25) is 0 Å². The minimum Gasteiger partial charge on any atom is -0.299 e. The van der Waals surface area contributed by atoms with E-state index in [1.165, 1.54) is 17.2 Å². The first-order valence-corrected chi connectivity index (χ1v) is 6.91. The lowest BCUT2D eigenvalue weighted by Gasteiger charge is -2.26. The Morgan fingerprint density at radius 3 is 1.68 bits per heavy atom. The van der Waals surface area contributed by atoms with Crippen LogP contribution in [0.25, 0.3) is 5.03 Å². The van der Waals surface area contributed by atoms with Crippen LogP contribution in [0.5, 0.6) is 0 Å². The zero-order valence-electron chi connectivity index (χ0n) is 12.7. The second kappa shape index (κ2) is 5.50. The third-order valence-corrected chi connectivity index (χ3v) is 3.50. The molecule has 0 aliphatic heterocycles. The Labute approximate surface area is 121 Å². The van der Waals surface area contributed by atoms with Gasteiger partial charge in [0.15, 0.2) is 0 Å². The highest BCUT2D eigenvalue weighted by Crippen LogP contribution is 2.33. The number of hydrogen-bond donors (Lipinski definition) is 0. The first-order chi connectivity index (χ1) is 8.55. The van der Waals surface area contributed by atoms with Crippen LogP contribution in [0.2, 0.25) is 0 Å². The van der Waals surface area contributed by atoms with Crippen LogP contribution in [0.4, 0.5) is 0 Å². The van der Waals surface area contributed by atoms with E-state index in [1.807, 2.05) is 0 Å². The quantitative estimate of drug-likeness (QED) is 0.546. The third kappa shape index (κ3) is 4.21. The lowest BCUT2D eigenvalue weighted by Crippen LogP contribution is -2.16. The van der Waals surface area contributed by atoms with Crippen molar-refractivity contribution in [2.45, 2.75) is 52.4 Å². The van der Waals surface area contributed by atoms with Gasteiger partial charge < -0.3 is 0 Å². The molecule has 0 atom stereocenters. The molecule has 1 rings (SSSR count). The van der Waals surface area contributed by atoms with Crippen molar-refractivity contribution in [1.29, 1.82) is 0 Å².